The Morgan fingerprint density at radius 3 is 2.54 bits per heavy atom. The highest BCUT2D eigenvalue weighted by Gasteiger charge is 2.41. The van der Waals surface area contributed by atoms with E-state index in [4.69, 9.17) is 5.73 Å². The summed E-state index contributed by atoms with van der Waals surface area (Å²) in [7, 11) is 0. The molecule has 0 radical (unpaired) electrons. The molecule has 0 saturated heterocycles. The van der Waals surface area contributed by atoms with Crippen molar-refractivity contribution in [1.82, 2.24) is 0 Å². The van der Waals surface area contributed by atoms with Gasteiger partial charge in [0.05, 0.1) is 5.60 Å². The molecule has 1 aliphatic rings. The molecule has 3 N–H and O–H groups in total. The third-order valence-electron chi connectivity index (χ3n) is 2.88. The summed E-state index contributed by atoms with van der Waals surface area (Å²) in [5.41, 5.74) is 6.65. The first kappa shape index (κ1) is 8.57. The highest BCUT2D eigenvalue weighted by atomic mass is 16.3. The van der Waals surface area contributed by atoms with Crippen molar-refractivity contribution in [2.24, 2.45) is 5.92 Å². The lowest BCUT2D eigenvalue weighted by Gasteiger charge is -2.24. The Bertz CT molecular complexity index is 316. The van der Waals surface area contributed by atoms with Crippen molar-refractivity contribution in [3.05, 3.63) is 29.8 Å². The van der Waals surface area contributed by atoms with E-state index >= 15 is 0 Å². The fraction of sp³-hybridized carbons (Fsp3) is 0.455. The van der Waals surface area contributed by atoms with Crippen LogP contribution in [-0.4, -0.2) is 5.11 Å². The SMILES string of the molecule is CC(O)(c1ccccc1N)C1CC1. The molecule has 70 valence electrons. The van der Waals surface area contributed by atoms with Crippen LogP contribution in [0.1, 0.15) is 25.3 Å². The van der Waals surface area contributed by atoms with E-state index in [1.54, 1.807) is 0 Å². The van der Waals surface area contributed by atoms with Crippen LogP contribution in [0.4, 0.5) is 5.69 Å². The first-order chi connectivity index (χ1) is 6.12. The molecule has 2 heteroatoms. The lowest BCUT2D eigenvalue weighted by molar-refractivity contribution is 0.0338. The Hall–Kier alpha value is -1.02. The number of anilines is 1. The van der Waals surface area contributed by atoms with Gasteiger partial charge in [-0.1, -0.05) is 18.2 Å². The predicted molar refractivity (Wildman–Crippen MR) is 53.1 cm³/mol. The second kappa shape index (κ2) is 2.74. The number of aliphatic hydroxyl groups is 1. The van der Waals surface area contributed by atoms with Gasteiger partial charge in [0.15, 0.2) is 0 Å². The molecule has 1 aliphatic carbocycles. The van der Waals surface area contributed by atoms with E-state index in [0.29, 0.717) is 11.6 Å². The summed E-state index contributed by atoms with van der Waals surface area (Å²) in [5.74, 6) is 0.400. The van der Waals surface area contributed by atoms with Crippen LogP contribution in [0, 0.1) is 5.92 Å². The third kappa shape index (κ3) is 1.42. The Morgan fingerprint density at radius 2 is 2.00 bits per heavy atom. The highest BCUT2D eigenvalue weighted by Crippen LogP contribution is 2.46. The van der Waals surface area contributed by atoms with Crippen molar-refractivity contribution in [1.29, 1.82) is 0 Å². The lowest BCUT2D eigenvalue weighted by Crippen LogP contribution is -2.25. The number of hydrogen-bond donors (Lipinski definition) is 2. The summed E-state index contributed by atoms with van der Waals surface area (Å²) in [6.45, 7) is 1.86. The van der Waals surface area contributed by atoms with Gasteiger partial charge in [-0.15, -0.1) is 0 Å². The minimum atomic E-state index is -0.731. The van der Waals surface area contributed by atoms with Crippen LogP contribution >= 0.6 is 0 Å². The molecule has 1 fully saturated rings. The van der Waals surface area contributed by atoms with E-state index in [2.05, 4.69) is 0 Å². The van der Waals surface area contributed by atoms with Gasteiger partial charge in [0.2, 0.25) is 0 Å². The number of nitrogen functional groups attached to an aromatic ring is 1. The van der Waals surface area contributed by atoms with Gasteiger partial charge in [0.1, 0.15) is 0 Å². The van der Waals surface area contributed by atoms with E-state index in [-0.39, 0.29) is 0 Å². The molecule has 0 amide bonds. The number of nitrogens with two attached hydrogens (primary N) is 1. The fourth-order valence-electron chi connectivity index (χ4n) is 1.82. The third-order valence-corrected chi connectivity index (χ3v) is 2.88. The second-order valence-corrected chi connectivity index (χ2v) is 4.01. The molecule has 1 saturated carbocycles. The summed E-state index contributed by atoms with van der Waals surface area (Å²) in [4.78, 5) is 0. The Labute approximate surface area is 78.4 Å². The fourth-order valence-corrected chi connectivity index (χ4v) is 1.82. The highest BCUT2D eigenvalue weighted by molar-refractivity contribution is 5.49. The zero-order valence-corrected chi connectivity index (χ0v) is 7.83. The van der Waals surface area contributed by atoms with Gasteiger partial charge < -0.3 is 10.8 Å². The molecule has 1 unspecified atom stereocenters. The average molecular weight is 177 g/mol. The standard InChI is InChI=1S/C11H15NO/c1-11(13,8-6-7-8)9-4-2-3-5-10(9)12/h2-5,8,13H,6-7,12H2,1H3. The van der Waals surface area contributed by atoms with Crippen LogP contribution in [0.2, 0.25) is 0 Å². The number of benzene rings is 1. The zero-order valence-electron chi connectivity index (χ0n) is 7.83. The maximum atomic E-state index is 10.2. The van der Waals surface area contributed by atoms with Crippen molar-refractivity contribution >= 4 is 5.69 Å². The predicted octanol–water partition coefficient (Wildman–Crippen LogP) is 1.89. The monoisotopic (exact) mass is 177 g/mol. The molecule has 0 aromatic heterocycles. The van der Waals surface area contributed by atoms with Gasteiger partial charge in [-0.05, 0) is 31.7 Å². The molecule has 1 atom stereocenters. The topological polar surface area (TPSA) is 46.2 Å². The van der Waals surface area contributed by atoms with E-state index in [9.17, 15) is 5.11 Å². The van der Waals surface area contributed by atoms with E-state index < -0.39 is 5.60 Å². The molecule has 0 aliphatic heterocycles. The molecular weight excluding hydrogens is 162 g/mol. The molecule has 2 rings (SSSR count). The molecule has 0 heterocycles. The molecule has 1 aromatic rings. The van der Waals surface area contributed by atoms with Gasteiger partial charge in [-0.2, -0.15) is 0 Å². The first-order valence-corrected chi connectivity index (χ1v) is 4.69. The normalized spacial score (nSPS) is 21.1. The summed E-state index contributed by atoms with van der Waals surface area (Å²) in [6.07, 6.45) is 2.22. The minimum absolute atomic E-state index is 0.400. The van der Waals surface area contributed by atoms with E-state index in [0.717, 1.165) is 18.4 Å². The summed E-state index contributed by atoms with van der Waals surface area (Å²) in [6, 6.07) is 7.56. The minimum Gasteiger partial charge on any atom is -0.398 e. The number of para-hydroxylation sites is 1. The van der Waals surface area contributed by atoms with Crippen molar-refractivity contribution in [2.75, 3.05) is 5.73 Å². The summed E-state index contributed by atoms with van der Waals surface area (Å²) < 4.78 is 0. The Kier molecular flexibility index (Phi) is 1.81. The molecule has 13 heavy (non-hydrogen) atoms. The van der Waals surface area contributed by atoms with Gasteiger partial charge >= 0.3 is 0 Å². The average Bonchev–Trinajstić information content (AvgIpc) is 2.86. The quantitative estimate of drug-likeness (QED) is 0.677. The maximum Gasteiger partial charge on any atom is 0.0916 e. The van der Waals surface area contributed by atoms with Crippen LogP contribution in [0.25, 0.3) is 0 Å². The summed E-state index contributed by atoms with van der Waals surface area (Å²) >= 11 is 0. The number of rotatable bonds is 2. The van der Waals surface area contributed by atoms with Gasteiger partial charge in [0.25, 0.3) is 0 Å². The van der Waals surface area contributed by atoms with Gasteiger partial charge in [-0.25, -0.2) is 0 Å². The van der Waals surface area contributed by atoms with Crippen LogP contribution in [0.3, 0.4) is 0 Å². The molecule has 0 bridgehead atoms. The van der Waals surface area contributed by atoms with Crippen LogP contribution in [-0.2, 0) is 5.60 Å². The van der Waals surface area contributed by atoms with E-state index in [1.165, 1.54) is 0 Å². The van der Waals surface area contributed by atoms with Crippen molar-refractivity contribution in [3.8, 4) is 0 Å². The second-order valence-electron chi connectivity index (χ2n) is 4.01. The zero-order chi connectivity index (χ0) is 9.47. The van der Waals surface area contributed by atoms with Gasteiger partial charge in [0, 0.05) is 11.3 Å². The molecular formula is C11H15NO. The molecule has 1 aromatic carbocycles. The molecule has 2 nitrogen and oxygen atoms in total. The maximum absolute atomic E-state index is 10.2. The van der Waals surface area contributed by atoms with Crippen LogP contribution in [0.15, 0.2) is 24.3 Å². The van der Waals surface area contributed by atoms with E-state index in [1.807, 2.05) is 31.2 Å². The van der Waals surface area contributed by atoms with Crippen LogP contribution < -0.4 is 5.73 Å². The summed E-state index contributed by atoms with van der Waals surface area (Å²) in [5, 5.41) is 10.2. The van der Waals surface area contributed by atoms with Crippen LogP contribution in [0.5, 0.6) is 0 Å². The van der Waals surface area contributed by atoms with Crippen molar-refractivity contribution in [3.63, 3.8) is 0 Å². The smallest absolute Gasteiger partial charge is 0.0916 e. The molecule has 0 spiro atoms. The largest absolute Gasteiger partial charge is 0.398 e. The Balaban J connectivity index is 2.38. The van der Waals surface area contributed by atoms with Gasteiger partial charge in [-0.3, -0.25) is 0 Å². The van der Waals surface area contributed by atoms with Crippen molar-refractivity contribution in [2.45, 2.75) is 25.4 Å². The first-order valence-electron chi connectivity index (χ1n) is 4.69. The number of hydrogen-bond acceptors (Lipinski definition) is 2. The Morgan fingerprint density at radius 1 is 1.38 bits per heavy atom. The lowest BCUT2D eigenvalue weighted by atomic mass is 9.90. The van der Waals surface area contributed by atoms with Crippen molar-refractivity contribution < 1.29 is 5.11 Å².